The van der Waals surface area contributed by atoms with Crippen molar-refractivity contribution in [3.05, 3.63) is 48.6 Å². The molecule has 2 N–H and O–H groups in total. The van der Waals surface area contributed by atoms with Crippen molar-refractivity contribution in [3.8, 4) is 11.5 Å². The van der Waals surface area contributed by atoms with Gasteiger partial charge in [-0.1, -0.05) is 18.7 Å². The second kappa shape index (κ2) is 8.51. The van der Waals surface area contributed by atoms with Gasteiger partial charge in [0, 0.05) is 5.57 Å². The molecular weight excluding hydrogens is 286 g/mol. The van der Waals surface area contributed by atoms with E-state index >= 15 is 0 Å². The first-order valence-electron chi connectivity index (χ1n) is 6.65. The smallest absolute Gasteiger partial charge is 0.412 e. The van der Waals surface area contributed by atoms with Gasteiger partial charge in [0.15, 0.2) is 11.5 Å². The Bertz CT molecular complexity index is 580. The first-order valence-corrected chi connectivity index (χ1v) is 6.65. The Balaban J connectivity index is 2.40. The van der Waals surface area contributed by atoms with Crippen LogP contribution in [0.1, 0.15) is 12.5 Å². The topological polar surface area (TPSA) is 84.9 Å². The minimum Gasteiger partial charge on any atom is -0.504 e. The number of esters is 1. The number of aromatic hydroxyl groups is 1. The molecule has 0 spiro atoms. The van der Waals surface area contributed by atoms with Crippen molar-refractivity contribution in [2.24, 2.45) is 0 Å². The number of amides is 1. The second-order valence-corrected chi connectivity index (χ2v) is 4.53. The molecule has 0 unspecified atom stereocenters. The molecule has 0 heterocycles. The monoisotopic (exact) mass is 305 g/mol. The lowest BCUT2D eigenvalue weighted by Crippen LogP contribution is -2.30. The number of hydrogen-bond acceptors (Lipinski definition) is 5. The fraction of sp³-hybridized carbons (Fsp3) is 0.250. The Kier molecular flexibility index (Phi) is 6.69. The lowest BCUT2D eigenvalue weighted by Gasteiger charge is -2.09. The highest BCUT2D eigenvalue weighted by Gasteiger charge is 2.09. The van der Waals surface area contributed by atoms with Crippen LogP contribution in [0.2, 0.25) is 0 Å². The third-order valence-corrected chi connectivity index (χ3v) is 2.56. The molecule has 0 aliphatic rings. The average molecular weight is 305 g/mol. The zero-order chi connectivity index (χ0) is 16.5. The molecule has 1 aromatic rings. The van der Waals surface area contributed by atoms with E-state index in [0.29, 0.717) is 6.42 Å². The number of nitrogens with one attached hydrogen (secondary N) is 1. The molecule has 0 saturated heterocycles. The lowest BCUT2D eigenvalue weighted by molar-refractivity contribution is -0.138. The van der Waals surface area contributed by atoms with Crippen molar-refractivity contribution in [3.63, 3.8) is 0 Å². The van der Waals surface area contributed by atoms with E-state index in [1.165, 1.54) is 19.1 Å². The van der Waals surface area contributed by atoms with Crippen LogP contribution in [0.3, 0.4) is 0 Å². The molecule has 1 aromatic carbocycles. The molecule has 1 rings (SSSR count). The molecule has 1 amide bonds. The number of carbonyl (C=O) groups is 2. The summed E-state index contributed by atoms with van der Waals surface area (Å²) in [5, 5.41) is 12.2. The van der Waals surface area contributed by atoms with Gasteiger partial charge in [0.05, 0.1) is 6.54 Å². The fourth-order valence-electron chi connectivity index (χ4n) is 1.50. The summed E-state index contributed by atoms with van der Waals surface area (Å²) in [5.74, 6) is -0.613. The molecule has 0 fully saturated rings. The van der Waals surface area contributed by atoms with Gasteiger partial charge in [-0.25, -0.2) is 9.59 Å². The van der Waals surface area contributed by atoms with Crippen molar-refractivity contribution in [1.29, 1.82) is 0 Å². The SMILES string of the molecule is C=CCc1ccc(OC(=O)NCCOC(=O)C(=C)C)c(O)c1. The summed E-state index contributed by atoms with van der Waals surface area (Å²) in [6.45, 7) is 8.66. The first-order chi connectivity index (χ1) is 10.4. The van der Waals surface area contributed by atoms with Crippen LogP contribution in [-0.4, -0.2) is 30.3 Å². The molecule has 0 atom stereocenters. The van der Waals surface area contributed by atoms with Gasteiger partial charge >= 0.3 is 12.1 Å². The molecule has 6 nitrogen and oxygen atoms in total. The van der Waals surface area contributed by atoms with Crippen LogP contribution in [0.25, 0.3) is 0 Å². The van der Waals surface area contributed by atoms with E-state index < -0.39 is 12.1 Å². The summed E-state index contributed by atoms with van der Waals surface area (Å²) in [5.41, 5.74) is 1.14. The maximum Gasteiger partial charge on any atom is 0.412 e. The highest BCUT2D eigenvalue weighted by Crippen LogP contribution is 2.27. The van der Waals surface area contributed by atoms with E-state index in [1.54, 1.807) is 12.1 Å². The molecule has 22 heavy (non-hydrogen) atoms. The maximum absolute atomic E-state index is 11.5. The summed E-state index contributed by atoms with van der Waals surface area (Å²) in [7, 11) is 0. The lowest BCUT2D eigenvalue weighted by atomic mass is 10.1. The van der Waals surface area contributed by atoms with Gasteiger partial charge in [0.1, 0.15) is 6.61 Å². The van der Waals surface area contributed by atoms with E-state index in [2.05, 4.69) is 18.5 Å². The normalized spacial score (nSPS) is 9.68. The average Bonchev–Trinajstić information content (AvgIpc) is 2.46. The minimum absolute atomic E-state index is 0.00501. The Morgan fingerprint density at radius 2 is 2.14 bits per heavy atom. The van der Waals surface area contributed by atoms with Gasteiger partial charge in [0.2, 0.25) is 0 Å². The molecular formula is C16H19NO5. The molecule has 0 aliphatic carbocycles. The highest BCUT2D eigenvalue weighted by molar-refractivity contribution is 5.86. The number of allylic oxidation sites excluding steroid dienone is 1. The van der Waals surface area contributed by atoms with Gasteiger partial charge in [-0.2, -0.15) is 0 Å². The Morgan fingerprint density at radius 3 is 2.73 bits per heavy atom. The quantitative estimate of drug-likeness (QED) is 0.349. The van der Waals surface area contributed by atoms with Crippen molar-refractivity contribution in [2.45, 2.75) is 13.3 Å². The van der Waals surface area contributed by atoms with Crippen LogP contribution in [0.4, 0.5) is 4.79 Å². The number of phenols is 1. The zero-order valence-corrected chi connectivity index (χ0v) is 12.4. The van der Waals surface area contributed by atoms with Crippen LogP contribution in [-0.2, 0) is 16.0 Å². The predicted octanol–water partition coefficient (Wildman–Crippen LogP) is 2.33. The van der Waals surface area contributed by atoms with Crippen LogP contribution in [0.5, 0.6) is 11.5 Å². The van der Waals surface area contributed by atoms with Crippen LogP contribution >= 0.6 is 0 Å². The maximum atomic E-state index is 11.5. The largest absolute Gasteiger partial charge is 0.504 e. The number of carbonyl (C=O) groups excluding carboxylic acids is 2. The van der Waals surface area contributed by atoms with Gasteiger partial charge < -0.3 is 19.9 Å². The number of benzene rings is 1. The van der Waals surface area contributed by atoms with E-state index in [-0.39, 0.29) is 30.2 Å². The predicted molar refractivity (Wildman–Crippen MR) is 81.8 cm³/mol. The highest BCUT2D eigenvalue weighted by atomic mass is 16.6. The third-order valence-electron chi connectivity index (χ3n) is 2.56. The zero-order valence-electron chi connectivity index (χ0n) is 12.4. The van der Waals surface area contributed by atoms with E-state index in [9.17, 15) is 14.7 Å². The van der Waals surface area contributed by atoms with E-state index in [0.717, 1.165) is 5.56 Å². The Morgan fingerprint density at radius 1 is 1.41 bits per heavy atom. The number of ether oxygens (including phenoxy) is 2. The van der Waals surface area contributed by atoms with Crippen molar-refractivity contribution < 1.29 is 24.2 Å². The molecule has 118 valence electrons. The second-order valence-electron chi connectivity index (χ2n) is 4.53. The van der Waals surface area contributed by atoms with Crippen LogP contribution in [0, 0.1) is 0 Å². The minimum atomic E-state index is -0.752. The van der Waals surface area contributed by atoms with Gasteiger partial charge in [-0.15, -0.1) is 6.58 Å². The first kappa shape index (κ1) is 17.3. The van der Waals surface area contributed by atoms with Crippen LogP contribution in [0.15, 0.2) is 43.0 Å². The Hall–Kier alpha value is -2.76. The molecule has 0 aromatic heterocycles. The number of rotatable bonds is 7. The van der Waals surface area contributed by atoms with E-state index in [1.807, 2.05) is 0 Å². The van der Waals surface area contributed by atoms with E-state index in [4.69, 9.17) is 9.47 Å². The fourth-order valence-corrected chi connectivity index (χ4v) is 1.50. The number of phenolic OH excluding ortho intramolecular Hbond substituents is 1. The van der Waals surface area contributed by atoms with Gasteiger partial charge in [-0.05, 0) is 31.0 Å². The standard InChI is InChI=1S/C16H19NO5/c1-4-5-12-6-7-14(13(18)10-12)22-16(20)17-8-9-21-15(19)11(2)3/h4,6-7,10,18H,1-2,5,8-9H2,3H3,(H,17,20). The molecule has 0 aliphatic heterocycles. The molecule has 0 saturated carbocycles. The summed E-state index contributed by atoms with van der Waals surface area (Å²) in [6, 6.07) is 4.71. The van der Waals surface area contributed by atoms with Gasteiger partial charge in [-0.3, -0.25) is 0 Å². The van der Waals surface area contributed by atoms with Crippen molar-refractivity contribution in [1.82, 2.24) is 5.32 Å². The van der Waals surface area contributed by atoms with Crippen molar-refractivity contribution >= 4 is 12.1 Å². The number of hydrogen-bond donors (Lipinski definition) is 2. The molecule has 0 radical (unpaired) electrons. The Labute approximate surface area is 129 Å². The van der Waals surface area contributed by atoms with Crippen molar-refractivity contribution in [2.75, 3.05) is 13.2 Å². The summed E-state index contributed by atoms with van der Waals surface area (Å²) >= 11 is 0. The summed E-state index contributed by atoms with van der Waals surface area (Å²) in [4.78, 5) is 22.6. The third kappa shape index (κ3) is 5.70. The van der Waals surface area contributed by atoms with Gasteiger partial charge in [0.25, 0.3) is 0 Å². The summed E-state index contributed by atoms with van der Waals surface area (Å²) in [6.07, 6.45) is 1.56. The summed E-state index contributed by atoms with van der Waals surface area (Å²) < 4.78 is 9.75. The van der Waals surface area contributed by atoms with Crippen LogP contribution < -0.4 is 10.1 Å². The molecule has 6 heteroatoms. The molecule has 0 bridgehead atoms.